The van der Waals surface area contributed by atoms with E-state index >= 15 is 0 Å². The molecule has 0 spiro atoms. The van der Waals surface area contributed by atoms with Gasteiger partial charge in [-0.15, -0.1) is 6.58 Å². The molecule has 0 radical (unpaired) electrons. The normalized spacial score (nSPS) is 17.4. The fourth-order valence-electron chi connectivity index (χ4n) is 4.24. The van der Waals surface area contributed by atoms with E-state index in [0.717, 1.165) is 18.3 Å². The van der Waals surface area contributed by atoms with E-state index in [1.807, 2.05) is 43.3 Å². The number of aryl methyl sites for hydroxylation is 1. The fraction of sp³-hybridized carbons (Fsp3) is 0.633. The highest BCUT2D eigenvalue weighted by Gasteiger charge is 2.15. The van der Waals surface area contributed by atoms with Crippen molar-refractivity contribution in [3.8, 4) is 0 Å². The monoisotopic (exact) mass is 470 g/mol. The van der Waals surface area contributed by atoms with Crippen molar-refractivity contribution in [2.75, 3.05) is 14.1 Å². The molecule has 2 aliphatic rings. The first-order chi connectivity index (χ1) is 16.3. The zero-order valence-corrected chi connectivity index (χ0v) is 22.7. The molecule has 0 bridgehead atoms. The van der Waals surface area contributed by atoms with Gasteiger partial charge in [0.2, 0.25) is 0 Å². The summed E-state index contributed by atoms with van der Waals surface area (Å²) in [4.78, 5) is 6.33. The van der Waals surface area contributed by atoms with Crippen molar-refractivity contribution in [2.45, 2.75) is 96.9 Å². The third-order valence-electron chi connectivity index (χ3n) is 6.46. The van der Waals surface area contributed by atoms with Gasteiger partial charge >= 0.3 is 0 Å². The lowest BCUT2D eigenvalue weighted by Gasteiger charge is -2.22. The van der Waals surface area contributed by atoms with Crippen molar-refractivity contribution >= 4 is 5.96 Å². The summed E-state index contributed by atoms with van der Waals surface area (Å²) in [5.41, 5.74) is 11.8. The quantitative estimate of drug-likeness (QED) is 0.267. The predicted octanol–water partition coefficient (Wildman–Crippen LogP) is 7.45. The molecule has 0 amide bonds. The molecule has 194 valence electrons. The lowest BCUT2D eigenvalue weighted by Crippen LogP contribution is -2.31. The van der Waals surface area contributed by atoms with Crippen molar-refractivity contribution in [2.24, 2.45) is 28.3 Å². The molecule has 2 saturated carbocycles. The molecule has 4 nitrogen and oxygen atoms in total. The second-order valence-electron chi connectivity index (χ2n) is 9.90. The number of guanidine groups is 1. The molecule has 3 rings (SSSR count). The molecule has 1 unspecified atom stereocenters. The van der Waals surface area contributed by atoms with E-state index in [2.05, 4.69) is 49.9 Å². The van der Waals surface area contributed by atoms with Gasteiger partial charge in [-0.2, -0.15) is 0 Å². The third-order valence-corrected chi connectivity index (χ3v) is 6.46. The highest BCUT2D eigenvalue weighted by molar-refractivity contribution is 5.77. The molecule has 4 heteroatoms. The first-order valence-electron chi connectivity index (χ1n) is 13.3. The smallest absolute Gasteiger partial charge is 0.191 e. The van der Waals surface area contributed by atoms with Gasteiger partial charge in [-0.1, -0.05) is 120 Å². The van der Waals surface area contributed by atoms with Crippen LogP contribution in [0, 0.1) is 18.8 Å². The largest absolute Gasteiger partial charge is 0.405 e. The van der Waals surface area contributed by atoms with Crippen molar-refractivity contribution in [1.82, 2.24) is 4.90 Å². The van der Waals surface area contributed by atoms with Gasteiger partial charge in [-0.05, 0) is 37.8 Å². The Bertz CT molecular complexity index is 626. The van der Waals surface area contributed by atoms with Crippen molar-refractivity contribution in [3.63, 3.8) is 0 Å². The van der Waals surface area contributed by atoms with E-state index < -0.39 is 0 Å². The molecule has 1 aromatic rings. The Morgan fingerprint density at radius 1 is 1.00 bits per heavy atom. The summed E-state index contributed by atoms with van der Waals surface area (Å²) in [7, 11) is 3.83. The van der Waals surface area contributed by atoms with Gasteiger partial charge in [0.1, 0.15) is 0 Å². The van der Waals surface area contributed by atoms with Crippen LogP contribution < -0.4 is 11.5 Å². The Labute approximate surface area is 211 Å². The minimum absolute atomic E-state index is 0.180. The Kier molecular flexibility index (Phi) is 19.9. The maximum absolute atomic E-state index is 5.83. The van der Waals surface area contributed by atoms with Crippen LogP contribution in [0.15, 0.2) is 60.8 Å². The molecule has 0 aromatic heterocycles. The fourth-order valence-corrected chi connectivity index (χ4v) is 4.24. The summed E-state index contributed by atoms with van der Waals surface area (Å²) in [6, 6.07) is 10.4. The standard InChI is InChI=1S/C14H27N3.C7H14.C7H8.C2H5N/c1-4-13(16-14(15)17(2)3)11-10-12-8-6-5-7-9-12;2*1-7-5-3-2-4-6-7;1-2-3/h4,12-13H,1,5-11H2,2-3H3,(H2,15,16);7H,2-6H2,1H3;2-6H,1H3;2H,1,3H2. The minimum atomic E-state index is 0.180. The third kappa shape index (κ3) is 18.2. The van der Waals surface area contributed by atoms with Crippen LogP contribution in [-0.2, 0) is 0 Å². The lowest BCUT2D eigenvalue weighted by molar-refractivity contribution is 0.328. The van der Waals surface area contributed by atoms with Crippen molar-refractivity contribution in [1.29, 1.82) is 0 Å². The Morgan fingerprint density at radius 2 is 1.50 bits per heavy atom. The number of aliphatic imine (C=N–C) groups is 1. The van der Waals surface area contributed by atoms with E-state index in [1.165, 1.54) is 82.4 Å². The topological polar surface area (TPSA) is 67.6 Å². The first-order valence-corrected chi connectivity index (χ1v) is 13.3. The average Bonchev–Trinajstić information content (AvgIpc) is 2.84. The van der Waals surface area contributed by atoms with Crippen LogP contribution in [0.4, 0.5) is 0 Å². The molecule has 0 saturated heterocycles. The van der Waals surface area contributed by atoms with E-state index in [4.69, 9.17) is 5.73 Å². The van der Waals surface area contributed by atoms with Gasteiger partial charge in [-0.25, -0.2) is 4.99 Å². The van der Waals surface area contributed by atoms with Crippen LogP contribution in [-0.4, -0.2) is 31.0 Å². The average molecular weight is 471 g/mol. The molecule has 0 heterocycles. The Hall–Kier alpha value is -2.23. The molecule has 2 aliphatic carbocycles. The van der Waals surface area contributed by atoms with Crippen LogP contribution >= 0.6 is 0 Å². The molecule has 4 N–H and O–H groups in total. The van der Waals surface area contributed by atoms with Crippen LogP contribution in [0.3, 0.4) is 0 Å². The van der Waals surface area contributed by atoms with Crippen LogP contribution in [0.1, 0.15) is 89.5 Å². The molecule has 2 fully saturated rings. The summed E-state index contributed by atoms with van der Waals surface area (Å²) >= 11 is 0. The van der Waals surface area contributed by atoms with Crippen LogP contribution in [0.5, 0.6) is 0 Å². The van der Waals surface area contributed by atoms with E-state index in [9.17, 15) is 0 Å². The van der Waals surface area contributed by atoms with E-state index in [0.29, 0.717) is 5.96 Å². The molecular formula is C30H54N4. The lowest BCUT2D eigenvalue weighted by atomic mass is 9.85. The van der Waals surface area contributed by atoms with Gasteiger partial charge in [-0.3, -0.25) is 0 Å². The Balaban J connectivity index is 0.000000522. The number of rotatable bonds is 5. The van der Waals surface area contributed by atoms with Crippen molar-refractivity contribution < 1.29 is 0 Å². The van der Waals surface area contributed by atoms with Gasteiger partial charge in [0.15, 0.2) is 5.96 Å². The molecule has 1 aromatic carbocycles. The maximum atomic E-state index is 5.83. The SMILES string of the molecule is C=CC(CCC1CCCCC1)N=C(N)N(C)C.C=CN.CC1CCCCC1.Cc1ccccc1. The number of hydrogen-bond acceptors (Lipinski definition) is 2. The number of nitrogens with two attached hydrogens (primary N) is 2. The number of hydrogen-bond donors (Lipinski definition) is 2. The second kappa shape index (κ2) is 21.3. The zero-order chi connectivity index (χ0) is 25.6. The number of benzene rings is 1. The minimum Gasteiger partial charge on any atom is -0.405 e. The molecule has 34 heavy (non-hydrogen) atoms. The van der Waals surface area contributed by atoms with Crippen LogP contribution in [0.25, 0.3) is 0 Å². The summed E-state index contributed by atoms with van der Waals surface area (Å²) in [6.45, 7) is 11.4. The predicted molar refractivity (Wildman–Crippen MR) is 153 cm³/mol. The van der Waals surface area contributed by atoms with E-state index in [1.54, 1.807) is 0 Å². The molecular weight excluding hydrogens is 416 g/mol. The highest BCUT2D eigenvalue weighted by Crippen LogP contribution is 2.28. The van der Waals surface area contributed by atoms with Gasteiger partial charge in [0.05, 0.1) is 6.04 Å². The Morgan fingerprint density at radius 3 is 1.85 bits per heavy atom. The van der Waals surface area contributed by atoms with Crippen molar-refractivity contribution in [3.05, 3.63) is 61.3 Å². The molecule has 1 atom stereocenters. The maximum Gasteiger partial charge on any atom is 0.191 e. The van der Waals surface area contributed by atoms with Crippen LogP contribution in [0.2, 0.25) is 0 Å². The van der Waals surface area contributed by atoms with Gasteiger partial charge < -0.3 is 16.4 Å². The first kappa shape index (κ1) is 31.8. The number of nitrogens with zero attached hydrogens (tertiary/aromatic N) is 2. The second-order valence-corrected chi connectivity index (χ2v) is 9.90. The summed E-state index contributed by atoms with van der Waals surface area (Å²) in [6.07, 6.45) is 20.0. The summed E-state index contributed by atoms with van der Waals surface area (Å²) in [5, 5.41) is 0. The van der Waals surface area contributed by atoms with Gasteiger partial charge in [0.25, 0.3) is 0 Å². The molecule has 0 aliphatic heterocycles. The van der Waals surface area contributed by atoms with E-state index in [-0.39, 0.29) is 6.04 Å². The zero-order valence-electron chi connectivity index (χ0n) is 22.7. The summed E-state index contributed by atoms with van der Waals surface area (Å²) in [5.74, 6) is 2.54. The van der Waals surface area contributed by atoms with Gasteiger partial charge in [0, 0.05) is 14.1 Å². The highest BCUT2D eigenvalue weighted by atomic mass is 15.2. The summed E-state index contributed by atoms with van der Waals surface area (Å²) < 4.78 is 0.